The van der Waals surface area contributed by atoms with Crippen molar-refractivity contribution in [1.82, 2.24) is 14.9 Å². The van der Waals surface area contributed by atoms with Gasteiger partial charge in [0.15, 0.2) is 0 Å². The number of imidazole rings is 1. The van der Waals surface area contributed by atoms with E-state index in [-0.39, 0.29) is 18.1 Å². The van der Waals surface area contributed by atoms with Gasteiger partial charge in [0.2, 0.25) is 0 Å². The zero-order valence-corrected chi connectivity index (χ0v) is 11.5. The summed E-state index contributed by atoms with van der Waals surface area (Å²) in [6.45, 7) is 0. The lowest BCUT2D eigenvalue weighted by molar-refractivity contribution is 0.0868. The van der Waals surface area contributed by atoms with Gasteiger partial charge >= 0.3 is 0 Å². The van der Waals surface area contributed by atoms with E-state index in [1.54, 1.807) is 6.33 Å². The summed E-state index contributed by atoms with van der Waals surface area (Å²) in [5.74, 6) is -0.0468. The first-order chi connectivity index (χ1) is 9.63. The Morgan fingerprint density at radius 2 is 2.10 bits per heavy atom. The molecule has 106 valence electrons. The lowest BCUT2D eigenvalue weighted by Crippen LogP contribution is -2.38. The first-order valence-corrected chi connectivity index (χ1v) is 7.03. The number of carbonyl (C=O) groups excluding carboxylic acids is 1. The van der Waals surface area contributed by atoms with E-state index < -0.39 is 0 Å². The number of hydrogen-bond acceptors (Lipinski definition) is 3. The largest absolute Gasteiger partial charge is 0.393 e. The number of hydrogen-bond donors (Lipinski definition) is 2. The van der Waals surface area contributed by atoms with E-state index in [0.29, 0.717) is 5.56 Å². The summed E-state index contributed by atoms with van der Waals surface area (Å²) in [5, 5.41) is 12.5. The summed E-state index contributed by atoms with van der Waals surface area (Å²) in [5.41, 5.74) is 2.51. The van der Waals surface area contributed by atoms with E-state index in [1.165, 1.54) is 0 Å². The zero-order chi connectivity index (χ0) is 14.1. The predicted octanol–water partition coefficient (Wildman–Crippen LogP) is 1.61. The molecule has 5 heteroatoms. The molecule has 1 saturated carbocycles. The van der Waals surface area contributed by atoms with E-state index in [9.17, 15) is 9.90 Å². The normalized spacial score (nSPS) is 22.9. The molecule has 1 amide bonds. The number of nitrogens with zero attached hydrogens (tertiary/aromatic N) is 2. The first kappa shape index (κ1) is 13.1. The van der Waals surface area contributed by atoms with E-state index in [2.05, 4.69) is 10.3 Å². The fourth-order valence-electron chi connectivity index (χ4n) is 2.76. The molecule has 2 aromatic rings. The fourth-order valence-corrected chi connectivity index (χ4v) is 2.76. The maximum Gasteiger partial charge on any atom is 0.251 e. The first-order valence-electron chi connectivity index (χ1n) is 7.03. The monoisotopic (exact) mass is 273 g/mol. The van der Waals surface area contributed by atoms with Crippen LogP contribution in [0.25, 0.3) is 11.0 Å². The second-order valence-corrected chi connectivity index (χ2v) is 5.54. The van der Waals surface area contributed by atoms with Gasteiger partial charge < -0.3 is 15.0 Å². The summed E-state index contributed by atoms with van der Waals surface area (Å²) in [6, 6.07) is 5.72. The topological polar surface area (TPSA) is 67.2 Å². The van der Waals surface area contributed by atoms with Gasteiger partial charge in [-0.15, -0.1) is 0 Å². The van der Waals surface area contributed by atoms with Crippen LogP contribution in [0.1, 0.15) is 36.0 Å². The Labute approximate surface area is 117 Å². The number of fused-ring (bicyclic) bond motifs is 1. The molecule has 1 aromatic carbocycles. The molecule has 0 unspecified atom stereocenters. The van der Waals surface area contributed by atoms with Crippen molar-refractivity contribution in [3.63, 3.8) is 0 Å². The van der Waals surface area contributed by atoms with E-state index in [0.717, 1.165) is 36.7 Å². The van der Waals surface area contributed by atoms with Crippen LogP contribution in [-0.4, -0.2) is 32.7 Å². The molecule has 0 saturated heterocycles. The molecule has 1 heterocycles. The van der Waals surface area contributed by atoms with Crippen LogP contribution in [0, 0.1) is 0 Å². The molecule has 3 rings (SSSR count). The molecule has 0 aliphatic heterocycles. The smallest absolute Gasteiger partial charge is 0.251 e. The standard InChI is InChI=1S/C15H19N3O2/c1-18-9-16-13-7-2-10(8-14(13)18)15(20)17-11-3-5-12(19)6-4-11/h2,7-9,11-12,19H,3-6H2,1H3,(H,17,20). The number of carbonyl (C=O) groups is 1. The van der Waals surface area contributed by atoms with Gasteiger partial charge in [-0.2, -0.15) is 0 Å². The van der Waals surface area contributed by atoms with Crippen LogP contribution < -0.4 is 5.32 Å². The highest BCUT2D eigenvalue weighted by atomic mass is 16.3. The Kier molecular flexibility index (Phi) is 3.44. The number of aromatic nitrogens is 2. The number of aliphatic hydroxyl groups is 1. The van der Waals surface area contributed by atoms with Crippen LogP contribution in [0.4, 0.5) is 0 Å². The SMILES string of the molecule is Cn1cnc2ccc(C(=O)NC3CCC(O)CC3)cc21. The van der Waals surface area contributed by atoms with Gasteiger partial charge in [-0.3, -0.25) is 4.79 Å². The van der Waals surface area contributed by atoms with Crippen molar-refractivity contribution >= 4 is 16.9 Å². The van der Waals surface area contributed by atoms with Crippen molar-refractivity contribution in [1.29, 1.82) is 0 Å². The fraction of sp³-hybridized carbons (Fsp3) is 0.467. The molecule has 2 N–H and O–H groups in total. The minimum absolute atomic E-state index is 0.0468. The highest BCUT2D eigenvalue weighted by Crippen LogP contribution is 2.19. The van der Waals surface area contributed by atoms with Crippen LogP contribution in [0.2, 0.25) is 0 Å². The second kappa shape index (κ2) is 5.25. The summed E-state index contributed by atoms with van der Waals surface area (Å²) in [7, 11) is 1.92. The van der Waals surface area contributed by atoms with Gasteiger partial charge in [-0.25, -0.2) is 4.98 Å². The molecule has 0 radical (unpaired) electrons. The molecule has 1 aromatic heterocycles. The summed E-state index contributed by atoms with van der Waals surface area (Å²) < 4.78 is 1.91. The van der Waals surface area contributed by atoms with Crippen molar-refractivity contribution in [3.05, 3.63) is 30.1 Å². The van der Waals surface area contributed by atoms with Crippen LogP contribution >= 0.6 is 0 Å². The van der Waals surface area contributed by atoms with E-state index >= 15 is 0 Å². The van der Waals surface area contributed by atoms with Crippen molar-refractivity contribution in [2.45, 2.75) is 37.8 Å². The lowest BCUT2D eigenvalue weighted by Gasteiger charge is -2.26. The average molecular weight is 273 g/mol. The highest BCUT2D eigenvalue weighted by molar-refractivity contribution is 5.97. The number of aliphatic hydroxyl groups excluding tert-OH is 1. The minimum Gasteiger partial charge on any atom is -0.393 e. The molecule has 5 nitrogen and oxygen atoms in total. The van der Waals surface area contributed by atoms with Crippen molar-refractivity contribution < 1.29 is 9.90 Å². The summed E-state index contributed by atoms with van der Waals surface area (Å²) in [4.78, 5) is 16.5. The van der Waals surface area contributed by atoms with Crippen LogP contribution in [0.15, 0.2) is 24.5 Å². The molecule has 1 fully saturated rings. The lowest BCUT2D eigenvalue weighted by atomic mass is 9.93. The van der Waals surface area contributed by atoms with Crippen LogP contribution in [-0.2, 0) is 7.05 Å². The molecule has 0 atom stereocenters. The van der Waals surface area contributed by atoms with Gasteiger partial charge in [-0.05, 0) is 43.9 Å². The van der Waals surface area contributed by atoms with Gasteiger partial charge in [0.25, 0.3) is 5.91 Å². The number of aryl methyl sites for hydroxylation is 1. The number of rotatable bonds is 2. The van der Waals surface area contributed by atoms with Gasteiger partial charge in [-0.1, -0.05) is 0 Å². The molecule has 1 aliphatic rings. The minimum atomic E-state index is -0.200. The van der Waals surface area contributed by atoms with Crippen LogP contribution in [0.3, 0.4) is 0 Å². The molecular formula is C15H19N3O2. The van der Waals surface area contributed by atoms with Gasteiger partial charge in [0, 0.05) is 18.7 Å². The number of benzene rings is 1. The Morgan fingerprint density at radius 3 is 2.85 bits per heavy atom. The maximum absolute atomic E-state index is 12.3. The Morgan fingerprint density at radius 1 is 1.35 bits per heavy atom. The van der Waals surface area contributed by atoms with E-state index in [1.807, 2.05) is 29.8 Å². The second-order valence-electron chi connectivity index (χ2n) is 5.54. The molecule has 0 bridgehead atoms. The number of amides is 1. The average Bonchev–Trinajstić information content (AvgIpc) is 2.82. The molecule has 1 aliphatic carbocycles. The van der Waals surface area contributed by atoms with Crippen molar-refractivity contribution in [3.8, 4) is 0 Å². The summed E-state index contributed by atoms with van der Waals surface area (Å²) >= 11 is 0. The summed E-state index contributed by atoms with van der Waals surface area (Å²) in [6.07, 6.45) is 4.78. The quantitative estimate of drug-likeness (QED) is 0.873. The van der Waals surface area contributed by atoms with Gasteiger partial charge in [0.1, 0.15) is 0 Å². The molecular weight excluding hydrogens is 254 g/mol. The maximum atomic E-state index is 12.3. The molecule has 0 spiro atoms. The molecule has 20 heavy (non-hydrogen) atoms. The zero-order valence-electron chi connectivity index (χ0n) is 11.5. The predicted molar refractivity (Wildman–Crippen MR) is 76.4 cm³/mol. The van der Waals surface area contributed by atoms with Crippen LogP contribution in [0.5, 0.6) is 0 Å². The third-order valence-corrected chi connectivity index (χ3v) is 4.02. The third-order valence-electron chi connectivity index (χ3n) is 4.02. The van der Waals surface area contributed by atoms with Crippen molar-refractivity contribution in [2.24, 2.45) is 7.05 Å². The van der Waals surface area contributed by atoms with Gasteiger partial charge in [0.05, 0.1) is 23.5 Å². The number of nitrogens with one attached hydrogen (secondary N) is 1. The Bertz CT molecular complexity index is 627. The highest BCUT2D eigenvalue weighted by Gasteiger charge is 2.21. The Hall–Kier alpha value is -1.88. The van der Waals surface area contributed by atoms with E-state index in [4.69, 9.17) is 0 Å². The Balaban J connectivity index is 1.73. The third kappa shape index (κ3) is 2.54. The van der Waals surface area contributed by atoms with Crippen molar-refractivity contribution in [2.75, 3.05) is 0 Å².